The molecule has 0 aliphatic rings. The molecule has 0 saturated heterocycles. The standard InChI is InChI=1S/C16H12N2O12S3.2Na.2H/c19-11-5-8(31(22,23)24)1-2-10(11)17-18-15-13(33(28,29)30)4-7-3-9(32(25,26)27)6-12(20)14(7)16(15)21;;;;/h1-6,19-21H,(H,22,23,24)(H,25,26,27)(H,28,29,30);;;;/q;2*+1;2*-1. The Morgan fingerprint density at radius 1 is 0.657 bits per heavy atom. The van der Waals surface area contributed by atoms with Crippen LogP contribution in [0.5, 0.6) is 17.2 Å². The third kappa shape index (κ3) is 6.90. The van der Waals surface area contributed by atoms with Gasteiger partial charge < -0.3 is 18.2 Å². The minimum atomic E-state index is -5.13. The summed E-state index contributed by atoms with van der Waals surface area (Å²) in [5.41, 5.74) is -1.38. The van der Waals surface area contributed by atoms with E-state index in [1.807, 2.05) is 0 Å². The number of phenols is 3. The Bertz CT molecular complexity index is 1680. The van der Waals surface area contributed by atoms with Crippen molar-refractivity contribution in [2.45, 2.75) is 14.7 Å². The van der Waals surface area contributed by atoms with Gasteiger partial charge in [0.25, 0.3) is 30.4 Å². The van der Waals surface area contributed by atoms with Gasteiger partial charge in [0.05, 0.1) is 15.2 Å². The van der Waals surface area contributed by atoms with Gasteiger partial charge in [0, 0.05) is 12.1 Å². The van der Waals surface area contributed by atoms with Crippen molar-refractivity contribution in [3.63, 3.8) is 0 Å². The topological polar surface area (TPSA) is 249 Å². The van der Waals surface area contributed by atoms with E-state index in [0.29, 0.717) is 24.3 Å². The van der Waals surface area contributed by atoms with Crippen molar-refractivity contribution in [2.75, 3.05) is 0 Å². The van der Waals surface area contributed by atoms with Crippen LogP contribution in [-0.4, -0.2) is 54.2 Å². The zero-order valence-corrected chi connectivity index (χ0v) is 24.2. The summed E-state index contributed by atoms with van der Waals surface area (Å²) in [5, 5.41) is 36.4. The Labute approximate surface area is 245 Å². The van der Waals surface area contributed by atoms with E-state index in [1.165, 1.54) is 0 Å². The molecule has 0 heterocycles. The third-order valence-electron chi connectivity index (χ3n) is 4.18. The maximum Gasteiger partial charge on any atom is 1.00 e. The van der Waals surface area contributed by atoms with Crippen molar-refractivity contribution in [2.24, 2.45) is 10.2 Å². The van der Waals surface area contributed by atoms with Crippen LogP contribution in [0.3, 0.4) is 0 Å². The predicted octanol–water partition coefficient (Wildman–Crippen LogP) is -3.65. The van der Waals surface area contributed by atoms with Crippen LogP contribution in [0, 0.1) is 0 Å². The normalized spacial score (nSPS) is 12.3. The summed E-state index contributed by atoms with van der Waals surface area (Å²) < 4.78 is 96.2. The molecule has 0 aromatic heterocycles. The van der Waals surface area contributed by atoms with Crippen LogP contribution < -0.4 is 59.1 Å². The molecule has 0 bridgehead atoms. The van der Waals surface area contributed by atoms with Gasteiger partial charge in [0.2, 0.25) is 0 Å². The summed E-state index contributed by atoms with van der Waals surface area (Å²) in [4.78, 5) is -2.62. The SMILES string of the molecule is O=S(=O)(O)c1ccc(N=Nc2c(S(=O)(=O)O)cc3cc(S(=O)(=O)O)cc(O)c3c2O)c(O)c1.[H-].[H-].[Na+].[Na+]. The fourth-order valence-corrected chi connectivity index (χ4v) is 4.43. The fraction of sp³-hybridized carbons (Fsp3) is 0. The second-order valence-electron chi connectivity index (χ2n) is 6.39. The van der Waals surface area contributed by atoms with E-state index in [9.17, 15) is 45.1 Å². The molecule has 0 atom stereocenters. The molecular weight excluding hydrogens is 554 g/mol. The summed E-state index contributed by atoms with van der Waals surface area (Å²) in [7, 11) is -14.6. The summed E-state index contributed by atoms with van der Waals surface area (Å²) in [5.74, 6) is -2.79. The fourth-order valence-electron chi connectivity index (χ4n) is 2.73. The van der Waals surface area contributed by atoms with Crippen LogP contribution >= 0.6 is 0 Å². The van der Waals surface area contributed by atoms with Crippen molar-refractivity contribution in [1.82, 2.24) is 0 Å². The van der Waals surface area contributed by atoms with Crippen molar-refractivity contribution in [3.05, 3.63) is 36.4 Å². The average Bonchev–Trinajstić information content (AvgIpc) is 2.65. The summed E-state index contributed by atoms with van der Waals surface area (Å²) >= 11 is 0. The van der Waals surface area contributed by atoms with Crippen LogP contribution in [0.25, 0.3) is 10.8 Å². The number of aromatic hydroxyl groups is 3. The van der Waals surface area contributed by atoms with E-state index in [2.05, 4.69) is 10.2 Å². The molecule has 19 heteroatoms. The maximum atomic E-state index is 11.8. The van der Waals surface area contributed by atoms with Crippen molar-refractivity contribution in [1.29, 1.82) is 0 Å². The molecule has 3 rings (SSSR count). The number of nitrogens with zero attached hydrogens (tertiary/aromatic N) is 2. The third-order valence-corrected chi connectivity index (χ3v) is 6.73. The van der Waals surface area contributed by atoms with Crippen LogP contribution in [0.15, 0.2) is 61.3 Å². The van der Waals surface area contributed by atoms with E-state index >= 15 is 0 Å². The van der Waals surface area contributed by atoms with Gasteiger partial charge in [-0.3, -0.25) is 13.7 Å². The molecule has 3 aromatic rings. The van der Waals surface area contributed by atoms with E-state index in [0.717, 1.165) is 12.1 Å². The summed E-state index contributed by atoms with van der Waals surface area (Å²) in [6.07, 6.45) is 0. The minimum absolute atomic E-state index is 0. The molecule has 180 valence electrons. The molecule has 0 radical (unpaired) electrons. The number of rotatable bonds is 5. The molecule has 0 aliphatic heterocycles. The molecular formula is C16H14N2Na2O12S3. The van der Waals surface area contributed by atoms with E-state index in [4.69, 9.17) is 9.11 Å². The first-order chi connectivity index (χ1) is 15.0. The molecule has 0 fully saturated rings. The Morgan fingerprint density at radius 2 is 1.20 bits per heavy atom. The van der Waals surface area contributed by atoms with Crippen molar-refractivity contribution in [3.8, 4) is 17.2 Å². The molecule has 0 amide bonds. The zero-order chi connectivity index (χ0) is 24.9. The van der Waals surface area contributed by atoms with Crippen molar-refractivity contribution >= 4 is 52.5 Å². The monoisotopic (exact) mass is 568 g/mol. The van der Waals surface area contributed by atoms with E-state index in [1.54, 1.807) is 0 Å². The molecule has 0 spiro atoms. The number of hydrogen-bond donors (Lipinski definition) is 6. The maximum absolute atomic E-state index is 11.8. The number of phenolic OH excluding ortho intramolecular Hbond substituents is 3. The summed E-state index contributed by atoms with van der Waals surface area (Å²) in [6.45, 7) is 0. The second kappa shape index (κ2) is 11.0. The quantitative estimate of drug-likeness (QED) is 0.0990. The van der Waals surface area contributed by atoms with Crippen LogP contribution in [0.2, 0.25) is 0 Å². The molecule has 0 aliphatic carbocycles. The first kappa shape index (κ1) is 31.7. The molecule has 0 saturated carbocycles. The number of azo groups is 1. The van der Waals surface area contributed by atoms with Gasteiger partial charge in [-0.2, -0.15) is 25.3 Å². The molecule has 6 N–H and O–H groups in total. The number of fused-ring (bicyclic) bond motifs is 1. The molecule has 14 nitrogen and oxygen atoms in total. The van der Waals surface area contributed by atoms with Crippen LogP contribution in [-0.2, 0) is 30.4 Å². The number of hydrogen-bond acceptors (Lipinski definition) is 11. The van der Waals surface area contributed by atoms with Gasteiger partial charge in [-0.1, -0.05) is 0 Å². The molecule has 0 unspecified atom stereocenters. The Balaban J connectivity index is 0. The zero-order valence-electron chi connectivity index (χ0n) is 19.7. The Morgan fingerprint density at radius 3 is 1.69 bits per heavy atom. The predicted molar refractivity (Wildman–Crippen MR) is 111 cm³/mol. The van der Waals surface area contributed by atoms with Gasteiger partial charge in [-0.25, -0.2) is 0 Å². The van der Waals surface area contributed by atoms with Gasteiger partial charge in [0.15, 0.2) is 5.75 Å². The number of benzene rings is 3. The molecule has 3 aromatic carbocycles. The Kier molecular flexibility index (Phi) is 9.91. The minimum Gasteiger partial charge on any atom is -1.00 e. The van der Waals surface area contributed by atoms with Crippen LogP contribution in [0.1, 0.15) is 2.85 Å². The molecule has 35 heavy (non-hydrogen) atoms. The van der Waals surface area contributed by atoms with Gasteiger partial charge in [-0.15, -0.1) is 10.2 Å². The first-order valence-electron chi connectivity index (χ1n) is 8.20. The average molecular weight is 568 g/mol. The summed E-state index contributed by atoms with van der Waals surface area (Å²) in [6, 6.07) is 4.22. The second-order valence-corrected chi connectivity index (χ2v) is 10.6. The van der Waals surface area contributed by atoms with Gasteiger partial charge in [-0.05, 0) is 29.7 Å². The smallest absolute Gasteiger partial charge is 1.00 e. The van der Waals surface area contributed by atoms with E-state index in [-0.39, 0.29) is 62.0 Å². The first-order valence-corrected chi connectivity index (χ1v) is 12.5. The van der Waals surface area contributed by atoms with Gasteiger partial charge in [0.1, 0.15) is 27.8 Å². The van der Waals surface area contributed by atoms with E-state index < -0.39 is 84.4 Å². The Hall–Kier alpha value is -1.35. The largest absolute Gasteiger partial charge is 1.00 e. The van der Waals surface area contributed by atoms with Crippen molar-refractivity contribution < 1.29 is 116 Å². The van der Waals surface area contributed by atoms with Gasteiger partial charge >= 0.3 is 59.1 Å². The van der Waals surface area contributed by atoms with Crippen LogP contribution in [0.4, 0.5) is 11.4 Å².